The first-order chi connectivity index (χ1) is 12.7. The van der Waals surface area contributed by atoms with Crippen LogP contribution in [-0.2, 0) is 11.3 Å². The highest BCUT2D eigenvalue weighted by molar-refractivity contribution is 6.30. The van der Waals surface area contributed by atoms with Gasteiger partial charge in [0.1, 0.15) is 5.69 Å². The quantitative estimate of drug-likeness (QED) is 0.684. The molecule has 0 aliphatic carbocycles. The number of ether oxygens (including phenoxy) is 2. The minimum absolute atomic E-state index is 0.123. The normalized spacial score (nSPS) is 10.4. The van der Waals surface area contributed by atoms with Gasteiger partial charge < -0.3 is 19.3 Å². The Morgan fingerprint density at radius 1 is 1.15 bits per heavy atom. The molecule has 0 aliphatic rings. The SMILES string of the molecule is COc1ccccc1OCC(=O)NCc1cc(-c2ccc(Cl)cc2)on1. The minimum atomic E-state index is -0.271. The minimum Gasteiger partial charge on any atom is -0.493 e. The van der Waals surface area contributed by atoms with E-state index in [9.17, 15) is 4.79 Å². The second-order valence-electron chi connectivity index (χ2n) is 5.41. The van der Waals surface area contributed by atoms with Crippen LogP contribution in [0.4, 0.5) is 0 Å². The highest BCUT2D eigenvalue weighted by Crippen LogP contribution is 2.25. The van der Waals surface area contributed by atoms with Gasteiger partial charge >= 0.3 is 0 Å². The molecule has 1 heterocycles. The number of methoxy groups -OCH3 is 1. The van der Waals surface area contributed by atoms with E-state index in [0.717, 1.165) is 5.56 Å². The van der Waals surface area contributed by atoms with Crippen LogP contribution in [0.25, 0.3) is 11.3 Å². The van der Waals surface area contributed by atoms with Crippen LogP contribution >= 0.6 is 11.6 Å². The highest BCUT2D eigenvalue weighted by atomic mass is 35.5. The molecular weight excluding hydrogens is 356 g/mol. The lowest BCUT2D eigenvalue weighted by atomic mass is 10.1. The topological polar surface area (TPSA) is 73.6 Å². The van der Waals surface area contributed by atoms with Gasteiger partial charge in [-0.15, -0.1) is 0 Å². The summed E-state index contributed by atoms with van der Waals surface area (Å²) in [4.78, 5) is 12.0. The summed E-state index contributed by atoms with van der Waals surface area (Å²) in [7, 11) is 1.55. The van der Waals surface area contributed by atoms with Gasteiger partial charge in [0.15, 0.2) is 23.9 Å². The zero-order chi connectivity index (χ0) is 18.4. The van der Waals surface area contributed by atoms with Gasteiger partial charge in [0.2, 0.25) is 0 Å². The molecule has 0 radical (unpaired) electrons. The number of hydrogen-bond acceptors (Lipinski definition) is 5. The van der Waals surface area contributed by atoms with Crippen LogP contribution in [0.2, 0.25) is 5.02 Å². The van der Waals surface area contributed by atoms with E-state index < -0.39 is 0 Å². The summed E-state index contributed by atoms with van der Waals surface area (Å²) in [5, 5.41) is 7.33. The Hall–Kier alpha value is -2.99. The Morgan fingerprint density at radius 2 is 1.88 bits per heavy atom. The van der Waals surface area contributed by atoms with E-state index >= 15 is 0 Å². The molecule has 0 spiro atoms. The predicted octanol–water partition coefficient (Wildman–Crippen LogP) is 3.70. The van der Waals surface area contributed by atoms with Crippen LogP contribution in [0.5, 0.6) is 11.5 Å². The molecule has 26 heavy (non-hydrogen) atoms. The lowest BCUT2D eigenvalue weighted by Gasteiger charge is -2.09. The number of halogens is 1. The van der Waals surface area contributed by atoms with Crippen molar-refractivity contribution in [2.75, 3.05) is 13.7 Å². The molecule has 0 fully saturated rings. The molecule has 0 unspecified atom stereocenters. The lowest BCUT2D eigenvalue weighted by molar-refractivity contribution is -0.123. The number of rotatable bonds is 7. The number of nitrogens with zero attached hydrogens (tertiary/aromatic N) is 1. The third-order valence-corrected chi connectivity index (χ3v) is 3.83. The van der Waals surface area contributed by atoms with Gasteiger partial charge in [-0.05, 0) is 36.4 Å². The number of nitrogens with one attached hydrogen (secondary N) is 1. The van der Waals surface area contributed by atoms with Crippen molar-refractivity contribution in [3.8, 4) is 22.8 Å². The van der Waals surface area contributed by atoms with Crippen molar-refractivity contribution in [3.05, 3.63) is 65.3 Å². The first kappa shape index (κ1) is 17.8. The highest BCUT2D eigenvalue weighted by Gasteiger charge is 2.10. The van der Waals surface area contributed by atoms with Gasteiger partial charge in [0.25, 0.3) is 5.91 Å². The molecule has 1 N–H and O–H groups in total. The molecule has 2 aromatic carbocycles. The van der Waals surface area contributed by atoms with Crippen LogP contribution in [-0.4, -0.2) is 24.8 Å². The maximum atomic E-state index is 12.0. The predicted molar refractivity (Wildman–Crippen MR) is 97.3 cm³/mol. The molecule has 0 aliphatic heterocycles. The van der Waals surface area contributed by atoms with E-state index in [1.54, 1.807) is 37.4 Å². The number of amides is 1. The van der Waals surface area contributed by atoms with E-state index in [1.807, 2.05) is 24.3 Å². The molecular formula is C19H17ClN2O4. The van der Waals surface area contributed by atoms with E-state index in [0.29, 0.717) is 28.0 Å². The van der Waals surface area contributed by atoms with Crippen molar-refractivity contribution in [2.24, 2.45) is 0 Å². The van der Waals surface area contributed by atoms with Crippen molar-refractivity contribution in [1.82, 2.24) is 10.5 Å². The fraction of sp³-hybridized carbons (Fsp3) is 0.158. The zero-order valence-corrected chi connectivity index (χ0v) is 14.8. The van der Waals surface area contributed by atoms with Crippen LogP contribution in [0.15, 0.2) is 59.1 Å². The smallest absolute Gasteiger partial charge is 0.258 e. The first-order valence-corrected chi connectivity index (χ1v) is 8.27. The standard InChI is InChI=1S/C19H17ClN2O4/c1-24-16-4-2-3-5-17(16)25-12-19(23)21-11-15-10-18(26-22-15)13-6-8-14(20)9-7-13/h2-10H,11-12H2,1H3,(H,21,23). The number of benzene rings is 2. The van der Waals surface area contributed by atoms with Gasteiger partial charge in [0.05, 0.1) is 13.7 Å². The Bertz CT molecular complexity index is 877. The van der Waals surface area contributed by atoms with Crippen molar-refractivity contribution < 1.29 is 18.8 Å². The fourth-order valence-corrected chi connectivity index (χ4v) is 2.39. The summed E-state index contributed by atoms with van der Waals surface area (Å²) in [6.07, 6.45) is 0. The molecule has 1 amide bonds. The molecule has 1 aromatic heterocycles. The number of carbonyl (C=O) groups excluding carboxylic acids is 1. The summed E-state index contributed by atoms with van der Waals surface area (Å²) >= 11 is 5.87. The van der Waals surface area contributed by atoms with E-state index in [2.05, 4.69) is 10.5 Å². The summed E-state index contributed by atoms with van der Waals surface area (Å²) in [6.45, 7) is 0.119. The maximum Gasteiger partial charge on any atom is 0.258 e. The van der Waals surface area contributed by atoms with Crippen molar-refractivity contribution in [3.63, 3.8) is 0 Å². The Balaban J connectivity index is 1.51. The number of aromatic nitrogens is 1. The monoisotopic (exact) mass is 372 g/mol. The molecule has 0 bridgehead atoms. The molecule has 0 saturated carbocycles. The second kappa shape index (κ2) is 8.40. The maximum absolute atomic E-state index is 12.0. The Kier molecular flexibility index (Phi) is 5.76. The second-order valence-corrected chi connectivity index (χ2v) is 5.84. The summed E-state index contributed by atoms with van der Waals surface area (Å²) < 4.78 is 15.9. The first-order valence-electron chi connectivity index (χ1n) is 7.90. The molecule has 0 atom stereocenters. The molecule has 6 nitrogen and oxygen atoms in total. The van der Waals surface area contributed by atoms with Crippen LogP contribution < -0.4 is 14.8 Å². The number of carbonyl (C=O) groups is 1. The van der Waals surface area contributed by atoms with E-state index in [-0.39, 0.29) is 19.1 Å². The van der Waals surface area contributed by atoms with Crippen molar-refractivity contribution in [1.29, 1.82) is 0 Å². The molecule has 7 heteroatoms. The molecule has 3 rings (SSSR count). The number of para-hydroxylation sites is 2. The Morgan fingerprint density at radius 3 is 2.62 bits per heavy atom. The molecule has 0 saturated heterocycles. The largest absolute Gasteiger partial charge is 0.493 e. The molecule has 134 valence electrons. The van der Waals surface area contributed by atoms with Crippen molar-refractivity contribution in [2.45, 2.75) is 6.54 Å². The van der Waals surface area contributed by atoms with Gasteiger partial charge in [-0.3, -0.25) is 4.79 Å². The van der Waals surface area contributed by atoms with Crippen molar-refractivity contribution >= 4 is 17.5 Å². The van der Waals surface area contributed by atoms with Gasteiger partial charge in [-0.25, -0.2) is 0 Å². The summed E-state index contributed by atoms with van der Waals surface area (Å²) in [5.74, 6) is 1.42. The Labute approximate surface area is 155 Å². The van der Waals surface area contributed by atoms with E-state index in [1.165, 1.54) is 0 Å². The van der Waals surface area contributed by atoms with E-state index in [4.69, 9.17) is 25.6 Å². The number of hydrogen-bond donors (Lipinski definition) is 1. The zero-order valence-electron chi connectivity index (χ0n) is 14.1. The average Bonchev–Trinajstić information content (AvgIpc) is 3.14. The average molecular weight is 373 g/mol. The molecule has 3 aromatic rings. The van der Waals surface area contributed by atoms with Gasteiger partial charge in [-0.2, -0.15) is 0 Å². The van der Waals surface area contributed by atoms with Crippen LogP contribution in [0.1, 0.15) is 5.69 Å². The van der Waals surface area contributed by atoms with Gasteiger partial charge in [-0.1, -0.05) is 28.9 Å². The van der Waals surface area contributed by atoms with Gasteiger partial charge in [0, 0.05) is 16.7 Å². The van der Waals surface area contributed by atoms with Crippen LogP contribution in [0, 0.1) is 0 Å². The third kappa shape index (κ3) is 4.55. The fourth-order valence-electron chi connectivity index (χ4n) is 2.27. The van der Waals surface area contributed by atoms with Crippen LogP contribution in [0.3, 0.4) is 0 Å². The summed E-state index contributed by atoms with van der Waals surface area (Å²) in [5.41, 5.74) is 1.47. The summed E-state index contributed by atoms with van der Waals surface area (Å²) in [6, 6.07) is 16.1. The lowest BCUT2D eigenvalue weighted by Crippen LogP contribution is -2.28. The third-order valence-electron chi connectivity index (χ3n) is 3.58.